The molecule has 0 amide bonds. The number of esters is 1. The van der Waals surface area contributed by atoms with Gasteiger partial charge in [-0.3, -0.25) is 4.79 Å². The van der Waals surface area contributed by atoms with Gasteiger partial charge in [0.25, 0.3) is 0 Å². The molecule has 0 bridgehead atoms. The summed E-state index contributed by atoms with van der Waals surface area (Å²) in [7, 11) is 5.26. The number of hydrogen-bond acceptors (Lipinski definition) is 6. The monoisotopic (exact) mass is 458 g/mol. The Hall–Kier alpha value is -3.61. The topological polar surface area (TPSA) is 82.0 Å². The van der Waals surface area contributed by atoms with E-state index in [1.54, 1.807) is 6.92 Å². The van der Waals surface area contributed by atoms with E-state index in [0.29, 0.717) is 23.2 Å². The molecule has 0 aromatic heterocycles. The lowest BCUT2D eigenvalue weighted by Crippen LogP contribution is -2.34. The van der Waals surface area contributed by atoms with Gasteiger partial charge in [0, 0.05) is 35.3 Å². The van der Waals surface area contributed by atoms with Crippen molar-refractivity contribution < 1.29 is 19.7 Å². The Morgan fingerprint density at radius 2 is 1.41 bits per heavy atom. The van der Waals surface area contributed by atoms with Crippen LogP contribution in [0.2, 0.25) is 0 Å². The summed E-state index contributed by atoms with van der Waals surface area (Å²) in [6, 6.07) is 19.0. The van der Waals surface area contributed by atoms with Crippen molar-refractivity contribution in [3.8, 4) is 22.6 Å². The van der Waals surface area contributed by atoms with Gasteiger partial charge in [-0.2, -0.15) is 0 Å². The molecule has 0 heterocycles. The predicted molar refractivity (Wildman–Crippen MR) is 136 cm³/mol. The molecule has 0 saturated heterocycles. The van der Waals surface area contributed by atoms with Crippen LogP contribution in [0, 0.1) is 0 Å². The van der Waals surface area contributed by atoms with Crippen molar-refractivity contribution in [1.82, 2.24) is 10.2 Å². The van der Waals surface area contributed by atoms with Gasteiger partial charge in [0.15, 0.2) is 0 Å². The average molecular weight is 459 g/mol. The van der Waals surface area contributed by atoms with Gasteiger partial charge in [-0.25, -0.2) is 0 Å². The number of rotatable bonds is 7. The van der Waals surface area contributed by atoms with Crippen LogP contribution >= 0.6 is 0 Å². The molecule has 1 atom stereocenters. The molecule has 0 spiro atoms. The van der Waals surface area contributed by atoms with Crippen LogP contribution in [0.15, 0.2) is 60.7 Å². The average Bonchev–Trinajstić information content (AvgIpc) is 2.83. The first-order valence-electron chi connectivity index (χ1n) is 11.2. The van der Waals surface area contributed by atoms with Gasteiger partial charge in [-0.1, -0.05) is 48.5 Å². The molecule has 0 aliphatic rings. The normalized spacial score (nSPS) is 12.4. The van der Waals surface area contributed by atoms with Crippen LogP contribution in [-0.4, -0.2) is 48.3 Å². The maximum Gasteiger partial charge on any atom is 0.322 e. The molecule has 4 aromatic carbocycles. The number of nitrogens with one attached hydrogen (secondary N) is 1. The Kier molecular flexibility index (Phi) is 6.72. The van der Waals surface area contributed by atoms with Crippen LogP contribution in [0.5, 0.6) is 11.5 Å². The number of fused-ring (bicyclic) bond motifs is 2. The highest BCUT2D eigenvalue weighted by molar-refractivity contribution is 6.10. The minimum absolute atomic E-state index is 0.0747. The highest BCUT2D eigenvalue weighted by Crippen LogP contribution is 2.47. The van der Waals surface area contributed by atoms with Gasteiger partial charge >= 0.3 is 5.97 Å². The predicted octanol–water partition coefficient (Wildman–Crippen LogP) is 4.78. The molecule has 3 N–H and O–H groups in total. The number of nitrogens with zero attached hydrogens (tertiary/aromatic N) is 1. The third-order valence-corrected chi connectivity index (χ3v) is 6.09. The molecule has 0 aliphatic carbocycles. The van der Waals surface area contributed by atoms with Crippen LogP contribution in [-0.2, 0) is 22.6 Å². The van der Waals surface area contributed by atoms with Crippen LogP contribution in [0.25, 0.3) is 32.7 Å². The minimum Gasteiger partial charge on any atom is -0.507 e. The van der Waals surface area contributed by atoms with Crippen LogP contribution in [0.3, 0.4) is 0 Å². The van der Waals surface area contributed by atoms with E-state index in [-0.39, 0.29) is 24.0 Å². The maximum atomic E-state index is 11.9. The highest BCUT2D eigenvalue weighted by atomic mass is 16.5. The molecule has 4 rings (SSSR count). The maximum absolute atomic E-state index is 11.9. The van der Waals surface area contributed by atoms with Crippen molar-refractivity contribution in [2.24, 2.45) is 0 Å². The summed E-state index contributed by atoms with van der Waals surface area (Å²) in [5.41, 5.74) is 2.59. The van der Waals surface area contributed by atoms with Crippen molar-refractivity contribution >= 4 is 27.5 Å². The largest absolute Gasteiger partial charge is 0.507 e. The van der Waals surface area contributed by atoms with E-state index in [0.717, 1.165) is 27.1 Å². The molecule has 0 radical (unpaired) electrons. The van der Waals surface area contributed by atoms with Crippen molar-refractivity contribution in [3.05, 3.63) is 71.8 Å². The summed E-state index contributed by atoms with van der Waals surface area (Å²) in [4.78, 5) is 13.9. The summed E-state index contributed by atoms with van der Waals surface area (Å²) in [6.45, 7) is 2.53. The third kappa shape index (κ3) is 4.42. The van der Waals surface area contributed by atoms with E-state index in [1.165, 1.54) is 7.11 Å². The SMILES string of the molecule is COC(=O)[C@H](C)NCc1cc2ccccc2c(-c2c(O)c(CN(C)C)cc3ccccc23)c1O. The molecule has 6 heteroatoms. The quantitative estimate of drug-likeness (QED) is 0.346. The highest BCUT2D eigenvalue weighted by Gasteiger charge is 2.22. The number of methoxy groups -OCH3 is 1. The number of phenolic OH excluding ortho intramolecular Hbond substituents is 2. The number of hydrogen-bond donors (Lipinski definition) is 3. The van der Waals surface area contributed by atoms with E-state index in [2.05, 4.69) is 5.32 Å². The third-order valence-electron chi connectivity index (χ3n) is 6.09. The van der Waals surface area contributed by atoms with Gasteiger partial charge in [0.2, 0.25) is 0 Å². The first-order valence-corrected chi connectivity index (χ1v) is 11.2. The molecule has 0 fully saturated rings. The molecule has 0 saturated carbocycles. The molecular weight excluding hydrogens is 428 g/mol. The lowest BCUT2D eigenvalue weighted by Gasteiger charge is -2.21. The fourth-order valence-electron chi connectivity index (χ4n) is 4.41. The number of carbonyl (C=O) groups is 1. The van der Waals surface area contributed by atoms with E-state index in [4.69, 9.17) is 4.74 Å². The molecule has 0 unspecified atom stereocenters. The smallest absolute Gasteiger partial charge is 0.322 e. The number of benzene rings is 4. The van der Waals surface area contributed by atoms with Crippen molar-refractivity contribution in [2.75, 3.05) is 21.2 Å². The number of ether oxygens (including phenoxy) is 1. The number of aromatic hydroxyl groups is 2. The summed E-state index contributed by atoms with van der Waals surface area (Å²) >= 11 is 0. The zero-order valence-electron chi connectivity index (χ0n) is 19.9. The molecule has 34 heavy (non-hydrogen) atoms. The van der Waals surface area contributed by atoms with Crippen molar-refractivity contribution in [2.45, 2.75) is 26.1 Å². The van der Waals surface area contributed by atoms with Crippen LogP contribution in [0.1, 0.15) is 18.1 Å². The van der Waals surface area contributed by atoms with Gasteiger partial charge in [-0.15, -0.1) is 0 Å². The van der Waals surface area contributed by atoms with Gasteiger partial charge in [0.1, 0.15) is 17.5 Å². The molecule has 4 aromatic rings. The molecule has 6 nitrogen and oxygen atoms in total. The second-order valence-corrected chi connectivity index (χ2v) is 8.82. The number of carbonyl (C=O) groups excluding carboxylic acids is 1. The summed E-state index contributed by atoms with van der Waals surface area (Å²) in [6.07, 6.45) is 0. The standard InChI is InChI=1S/C28H30N2O4/c1-17(28(33)34-4)29-15-20-13-18-9-5-7-11-22(18)24(26(20)31)25-23-12-8-6-10-19(23)14-21(27(25)32)16-30(2)3/h5-14,17,29,31-32H,15-16H2,1-4H3/t17-/m0/s1. The number of phenols is 2. The van der Waals surface area contributed by atoms with E-state index >= 15 is 0 Å². The fraction of sp³-hybridized carbons (Fsp3) is 0.250. The second-order valence-electron chi connectivity index (χ2n) is 8.82. The minimum atomic E-state index is -0.531. The summed E-state index contributed by atoms with van der Waals surface area (Å²) in [5.74, 6) is -0.146. The Bertz CT molecular complexity index is 1360. The van der Waals surface area contributed by atoms with E-state index in [1.807, 2.05) is 79.7 Å². The van der Waals surface area contributed by atoms with Crippen LogP contribution in [0.4, 0.5) is 0 Å². The first-order chi connectivity index (χ1) is 16.3. The van der Waals surface area contributed by atoms with Crippen molar-refractivity contribution in [1.29, 1.82) is 0 Å². The van der Waals surface area contributed by atoms with Gasteiger partial charge in [0.05, 0.1) is 7.11 Å². The Morgan fingerprint density at radius 1 is 0.912 bits per heavy atom. The second kappa shape index (κ2) is 9.71. The molecule has 176 valence electrons. The molecular formula is C28H30N2O4. The Morgan fingerprint density at radius 3 is 1.94 bits per heavy atom. The van der Waals surface area contributed by atoms with E-state index < -0.39 is 6.04 Å². The van der Waals surface area contributed by atoms with Crippen molar-refractivity contribution in [3.63, 3.8) is 0 Å². The zero-order chi connectivity index (χ0) is 24.4. The molecule has 0 aliphatic heterocycles. The Balaban J connectivity index is 1.98. The summed E-state index contributed by atoms with van der Waals surface area (Å²) < 4.78 is 4.80. The van der Waals surface area contributed by atoms with Gasteiger partial charge in [-0.05, 0) is 54.7 Å². The van der Waals surface area contributed by atoms with E-state index in [9.17, 15) is 15.0 Å². The lowest BCUT2D eigenvalue weighted by molar-refractivity contribution is -0.142. The van der Waals surface area contributed by atoms with Crippen LogP contribution < -0.4 is 5.32 Å². The zero-order valence-corrected chi connectivity index (χ0v) is 19.9. The van der Waals surface area contributed by atoms with Gasteiger partial charge < -0.3 is 25.2 Å². The first kappa shape index (κ1) is 23.5. The summed E-state index contributed by atoms with van der Waals surface area (Å²) in [5, 5.41) is 29.7. The Labute approximate surface area is 199 Å². The fourth-order valence-corrected chi connectivity index (χ4v) is 4.41. The lowest BCUT2D eigenvalue weighted by atomic mass is 9.88.